The van der Waals surface area contributed by atoms with E-state index >= 15 is 0 Å². The summed E-state index contributed by atoms with van der Waals surface area (Å²) in [4.78, 5) is 4.30. The van der Waals surface area contributed by atoms with Gasteiger partial charge in [0.25, 0.3) is 5.89 Å². The lowest BCUT2D eigenvalue weighted by molar-refractivity contribution is 0.404. The Hall–Kier alpha value is -1.69. The second-order valence-electron chi connectivity index (χ2n) is 4.43. The largest absolute Gasteiger partial charge is 0.507 e. The van der Waals surface area contributed by atoms with E-state index in [1.54, 1.807) is 31.0 Å². The molecule has 0 aliphatic heterocycles. The molecule has 1 N–H and O–H groups in total. The minimum Gasteiger partial charge on any atom is -0.507 e. The highest BCUT2D eigenvalue weighted by molar-refractivity contribution is 7.99. The molecule has 1 heterocycles. The third-order valence-corrected chi connectivity index (χ3v) is 4.30. The van der Waals surface area contributed by atoms with Gasteiger partial charge in [-0.25, -0.2) is 0 Å². The number of hydrogen-bond donors (Lipinski definition) is 1. The van der Waals surface area contributed by atoms with Crippen LogP contribution in [0, 0.1) is 0 Å². The van der Waals surface area contributed by atoms with E-state index in [0.717, 1.165) is 6.42 Å². The Bertz CT molecular complexity index is 571. The summed E-state index contributed by atoms with van der Waals surface area (Å²) in [5.74, 6) is 2.31. The summed E-state index contributed by atoms with van der Waals surface area (Å²) in [6.45, 7) is 4.32. The van der Waals surface area contributed by atoms with E-state index in [1.165, 1.54) is 6.07 Å². The van der Waals surface area contributed by atoms with E-state index in [1.807, 2.05) is 0 Å². The van der Waals surface area contributed by atoms with Crippen LogP contribution < -0.4 is 4.74 Å². The van der Waals surface area contributed by atoms with Crippen LogP contribution in [-0.4, -0.2) is 27.6 Å². The Labute approximate surface area is 122 Å². The van der Waals surface area contributed by atoms with Gasteiger partial charge in [-0.2, -0.15) is 16.7 Å². The molecule has 1 aromatic carbocycles. The molecule has 0 saturated heterocycles. The standard InChI is InChI=1S/C14H18N2O3S/c1-4-9(2)20-8-13-15-14(19-16-13)11-6-5-10(18-3)7-12(11)17/h5-7,9,17H,4,8H2,1-3H3. The number of aromatic hydroxyl groups is 1. The van der Waals surface area contributed by atoms with E-state index in [2.05, 4.69) is 24.0 Å². The van der Waals surface area contributed by atoms with Crippen LogP contribution in [0.25, 0.3) is 11.5 Å². The number of hydrogen-bond acceptors (Lipinski definition) is 6. The fourth-order valence-corrected chi connectivity index (χ4v) is 2.36. The highest BCUT2D eigenvalue weighted by Gasteiger charge is 2.14. The maximum absolute atomic E-state index is 9.93. The van der Waals surface area contributed by atoms with Crippen LogP contribution in [-0.2, 0) is 5.75 Å². The van der Waals surface area contributed by atoms with Crippen molar-refractivity contribution in [2.24, 2.45) is 0 Å². The minimum atomic E-state index is 0.0640. The molecule has 0 bridgehead atoms. The monoisotopic (exact) mass is 294 g/mol. The highest BCUT2D eigenvalue weighted by Crippen LogP contribution is 2.31. The average Bonchev–Trinajstić information content (AvgIpc) is 2.93. The molecule has 20 heavy (non-hydrogen) atoms. The van der Waals surface area contributed by atoms with E-state index in [4.69, 9.17) is 9.26 Å². The van der Waals surface area contributed by atoms with Crippen LogP contribution in [0.3, 0.4) is 0 Å². The molecule has 6 heteroatoms. The van der Waals surface area contributed by atoms with Crippen LogP contribution in [0.4, 0.5) is 0 Å². The molecule has 0 radical (unpaired) electrons. The molecule has 2 rings (SSSR count). The number of aromatic nitrogens is 2. The maximum atomic E-state index is 9.93. The minimum absolute atomic E-state index is 0.0640. The second kappa shape index (κ2) is 6.65. The Morgan fingerprint density at radius 2 is 2.25 bits per heavy atom. The number of benzene rings is 1. The number of phenolic OH excluding ortho intramolecular Hbond substituents is 1. The lowest BCUT2D eigenvalue weighted by Gasteiger charge is -2.04. The van der Waals surface area contributed by atoms with E-state index in [9.17, 15) is 5.11 Å². The number of ether oxygens (including phenoxy) is 1. The Kier molecular flexibility index (Phi) is 4.89. The molecule has 1 atom stereocenters. The van der Waals surface area contributed by atoms with Gasteiger partial charge < -0.3 is 14.4 Å². The van der Waals surface area contributed by atoms with Crippen LogP contribution in [0.15, 0.2) is 22.7 Å². The predicted octanol–water partition coefficient (Wildman–Crippen LogP) is 3.48. The van der Waals surface area contributed by atoms with Crippen molar-refractivity contribution in [1.29, 1.82) is 0 Å². The second-order valence-corrected chi connectivity index (χ2v) is 5.86. The van der Waals surface area contributed by atoms with Gasteiger partial charge in [-0.05, 0) is 18.6 Å². The molecule has 0 aliphatic rings. The third-order valence-electron chi connectivity index (χ3n) is 2.98. The van der Waals surface area contributed by atoms with Gasteiger partial charge in [-0.15, -0.1) is 0 Å². The summed E-state index contributed by atoms with van der Waals surface area (Å²) >= 11 is 1.78. The van der Waals surface area contributed by atoms with Crippen molar-refractivity contribution >= 4 is 11.8 Å². The zero-order valence-electron chi connectivity index (χ0n) is 11.8. The quantitative estimate of drug-likeness (QED) is 0.879. The van der Waals surface area contributed by atoms with Crippen LogP contribution >= 0.6 is 11.8 Å². The molecule has 2 aromatic rings. The normalized spacial score (nSPS) is 12.3. The Morgan fingerprint density at radius 3 is 2.90 bits per heavy atom. The predicted molar refractivity (Wildman–Crippen MR) is 79.0 cm³/mol. The molecule has 0 saturated carbocycles. The number of phenols is 1. The first-order valence-electron chi connectivity index (χ1n) is 6.45. The molecule has 108 valence electrons. The summed E-state index contributed by atoms with van der Waals surface area (Å²) in [6, 6.07) is 4.97. The van der Waals surface area contributed by atoms with Gasteiger partial charge in [0.1, 0.15) is 11.5 Å². The average molecular weight is 294 g/mol. The number of thioether (sulfide) groups is 1. The molecule has 0 amide bonds. The highest BCUT2D eigenvalue weighted by atomic mass is 32.2. The third kappa shape index (κ3) is 3.45. The zero-order valence-corrected chi connectivity index (χ0v) is 12.6. The first kappa shape index (κ1) is 14.7. The van der Waals surface area contributed by atoms with E-state index < -0.39 is 0 Å². The molecule has 5 nitrogen and oxygen atoms in total. The van der Waals surface area contributed by atoms with Crippen molar-refractivity contribution in [1.82, 2.24) is 10.1 Å². The SMILES string of the molecule is CCC(C)SCc1noc(-c2ccc(OC)cc2O)n1. The van der Waals surface area contributed by atoms with Gasteiger partial charge in [0.05, 0.1) is 18.4 Å². The van der Waals surface area contributed by atoms with Gasteiger partial charge in [0, 0.05) is 11.3 Å². The van der Waals surface area contributed by atoms with Crippen LogP contribution in [0.1, 0.15) is 26.1 Å². The summed E-state index contributed by atoms with van der Waals surface area (Å²) in [5, 5.41) is 14.4. The summed E-state index contributed by atoms with van der Waals surface area (Å²) < 4.78 is 10.2. The van der Waals surface area contributed by atoms with Crippen LogP contribution in [0.5, 0.6) is 11.5 Å². The van der Waals surface area contributed by atoms with Crippen molar-refractivity contribution < 1.29 is 14.4 Å². The topological polar surface area (TPSA) is 68.4 Å². The molecule has 0 spiro atoms. The van der Waals surface area contributed by atoms with Crippen molar-refractivity contribution in [2.45, 2.75) is 31.3 Å². The number of rotatable bonds is 6. The first-order valence-corrected chi connectivity index (χ1v) is 7.50. The van der Waals surface area contributed by atoms with E-state index in [0.29, 0.717) is 34.0 Å². The van der Waals surface area contributed by atoms with Gasteiger partial charge in [0.2, 0.25) is 0 Å². The molecule has 1 unspecified atom stereocenters. The molecule has 0 aliphatic carbocycles. The van der Waals surface area contributed by atoms with Gasteiger partial charge in [-0.1, -0.05) is 19.0 Å². The Morgan fingerprint density at radius 1 is 1.45 bits per heavy atom. The summed E-state index contributed by atoms with van der Waals surface area (Å²) in [5.41, 5.74) is 0.512. The van der Waals surface area contributed by atoms with Crippen LogP contribution in [0.2, 0.25) is 0 Å². The van der Waals surface area contributed by atoms with Crippen molar-refractivity contribution in [2.75, 3.05) is 7.11 Å². The molecular formula is C14H18N2O3S. The van der Waals surface area contributed by atoms with Gasteiger partial charge in [-0.3, -0.25) is 0 Å². The molecular weight excluding hydrogens is 276 g/mol. The number of nitrogens with zero attached hydrogens (tertiary/aromatic N) is 2. The summed E-state index contributed by atoms with van der Waals surface area (Å²) in [7, 11) is 1.55. The Balaban J connectivity index is 2.12. The number of methoxy groups -OCH3 is 1. The van der Waals surface area contributed by atoms with Crippen molar-refractivity contribution in [3.05, 3.63) is 24.0 Å². The fourth-order valence-electron chi connectivity index (χ4n) is 1.58. The van der Waals surface area contributed by atoms with E-state index in [-0.39, 0.29) is 5.75 Å². The lowest BCUT2D eigenvalue weighted by atomic mass is 10.2. The molecule has 0 fully saturated rings. The van der Waals surface area contributed by atoms with Crippen molar-refractivity contribution in [3.63, 3.8) is 0 Å². The fraction of sp³-hybridized carbons (Fsp3) is 0.429. The smallest absolute Gasteiger partial charge is 0.261 e. The maximum Gasteiger partial charge on any atom is 0.261 e. The lowest BCUT2D eigenvalue weighted by Crippen LogP contribution is -1.94. The molecule has 1 aromatic heterocycles. The van der Waals surface area contributed by atoms with Gasteiger partial charge >= 0.3 is 0 Å². The van der Waals surface area contributed by atoms with Gasteiger partial charge in [0.15, 0.2) is 5.82 Å². The summed E-state index contributed by atoms with van der Waals surface area (Å²) in [6.07, 6.45) is 1.11. The van der Waals surface area contributed by atoms with Crippen molar-refractivity contribution in [3.8, 4) is 23.0 Å². The first-order chi connectivity index (χ1) is 9.63. The zero-order chi connectivity index (χ0) is 14.5.